The molecule has 0 aromatic carbocycles. The van der Waals surface area contributed by atoms with Gasteiger partial charge in [0.1, 0.15) is 12.7 Å². The smallest absolute Gasteiger partial charge is 0.462 e. The van der Waals surface area contributed by atoms with E-state index in [2.05, 4.69) is 118 Å². The quantitative estimate of drug-likeness (QED) is 0.0197. The molecule has 0 aromatic rings. The summed E-state index contributed by atoms with van der Waals surface area (Å²) in [5, 5.41) is 9.77. The van der Waals surface area contributed by atoms with Gasteiger partial charge in [0.2, 0.25) is 0 Å². The van der Waals surface area contributed by atoms with Crippen molar-refractivity contribution in [1.29, 1.82) is 0 Å². The molecule has 0 bridgehead atoms. The molecule has 0 aliphatic heterocycles. The van der Waals surface area contributed by atoms with Crippen molar-refractivity contribution >= 4 is 25.7 Å². The molecule has 2 N–H and O–H groups in total. The van der Waals surface area contributed by atoms with Gasteiger partial charge in [-0.15, -0.1) is 0 Å². The van der Waals surface area contributed by atoms with Crippen LogP contribution in [-0.2, 0) is 42.2 Å². The minimum Gasteiger partial charge on any atom is -0.462 e. The van der Waals surface area contributed by atoms with Gasteiger partial charge in [0.15, 0.2) is 6.10 Å². The molecule has 0 spiro atoms. The largest absolute Gasteiger partial charge is 0.472 e. The second kappa shape index (κ2) is 53.2. The van der Waals surface area contributed by atoms with Crippen LogP contribution in [0.1, 0.15) is 201 Å². The fraction of sp³-hybridized carbons (Fsp3) is 0.617. The number of ether oxygens (including phenoxy) is 3. The molecule has 0 saturated heterocycles. The molecule has 11 nitrogen and oxygen atoms in total. The van der Waals surface area contributed by atoms with E-state index in [4.69, 9.17) is 23.3 Å². The van der Waals surface area contributed by atoms with Crippen LogP contribution in [0.4, 0.5) is 0 Å². The number of aliphatic hydroxyl groups is 1. The van der Waals surface area contributed by atoms with E-state index in [1.54, 1.807) is 6.08 Å². The molecule has 72 heavy (non-hydrogen) atoms. The topological polar surface area (TPSA) is 155 Å². The SMILES string of the molecule is CC/C=C\C/C=C\C/C=C\C/C=C\C/C=C\CCCCCC(=O)OC(COC(=O)CCCCCCCCCCCCC)COP(=O)(O)OCC(CO)OC(=O)C/C=C\C/C=C\C/C=C\C/C=C\C/C=C\CC. The molecule has 0 saturated carbocycles. The van der Waals surface area contributed by atoms with Gasteiger partial charge in [-0.1, -0.05) is 213 Å². The summed E-state index contributed by atoms with van der Waals surface area (Å²) in [6, 6.07) is 0. The summed E-state index contributed by atoms with van der Waals surface area (Å²) in [6.45, 7) is 4.23. The molecule has 0 aromatic heterocycles. The average Bonchev–Trinajstić information content (AvgIpc) is 3.37. The zero-order chi connectivity index (χ0) is 52.7. The zero-order valence-electron chi connectivity index (χ0n) is 44.8. The Hall–Kier alpha value is -4.12. The van der Waals surface area contributed by atoms with E-state index in [-0.39, 0.29) is 25.9 Å². The molecule has 0 aliphatic carbocycles. The lowest BCUT2D eigenvalue weighted by molar-refractivity contribution is -0.161. The summed E-state index contributed by atoms with van der Waals surface area (Å²) in [4.78, 5) is 48.3. The molecule has 0 heterocycles. The third-order valence-electron chi connectivity index (χ3n) is 10.9. The van der Waals surface area contributed by atoms with Crippen LogP contribution in [0.3, 0.4) is 0 Å². The van der Waals surface area contributed by atoms with Gasteiger partial charge in [0.05, 0.1) is 26.2 Å². The second-order valence-corrected chi connectivity index (χ2v) is 19.1. The fourth-order valence-corrected chi connectivity index (χ4v) is 7.59. The molecule has 0 amide bonds. The number of hydrogen-bond donors (Lipinski definition) is 2. The summed E-state index contributed by atoms with van der Waals surface area (Å²) in [7, 11) is -4.78. The van der Waals surface area contributed by atoms with Gasteiger partial charge in [-0.3, -0.25) is 23.4 Å². The number of hydrogen-bond acceptors (Lipinski definition) is 10. The summed E-state index contributed by atoms with van der Waals surface area (Å²) >= 11 is 0. The Kier molecular flexibility index (Phi) is 50.1. The number of carbonyl (C=O) groups excluding carboxylic acids is 3. The molecule has 0 rings (SSSR count). The third-order valence-corrected chi connectivity index (χ3v) is 11.9. The van der Waals surface area contributed by atoms with Gasteiger partial charge in [0, 0.05) is 12.8 Å². The Labute approximate surface area is 437 Å². The summed E-state index contributed by atoms with van der Waals surface area (Å²) in [5.74, 6) is -1.65. The number of aliphatic hydroxyl groups excluding tert-OH is 1. The number of phosphoric acid groups is 1. The molecular weight excluding hydrogens is 928 g/mol. The maximum Gasteiger partial charge on any atom is 0.472 e. The van der Waals surface area contributed by atoms with Crippen LogP contribution in [0.2, 0.25) is 0 Å². The van der Waals surface area contributed by atoms with Crippen molar-refractivity contribution in [2.45, 2.75) is 213 Å². The molecular formula is C60H97O11P. The van der Waals surface area contributed by atoms with Crippen LogP contribution in [0.25, 0.3) is 0 Å². The van der Waals surface area contributed by atoms with Crippen molar-refractivity contribution in [3.8, 4) is 0 Å². The third kappa shape index (κ3) is 50.8. The van der Waals surface area contributed by atoms with Crippen molar-refractivity contribution in [1.82, 2.24) is 0 Å². The Balaban J connectivity index is 4.87. The van der Waals surface area contributed by atoms with Crippen molar-refractivity contribution in [3.05, 3.63) is 122 Å². The van der Waals surface area contributed by atoms with Crippen LogP contribution in [0.15, 0.2) is 122 Å². The number of unbranched alkanes of at least 4 members (excludes halogenated alkanes) is 13. The zero-order valence-corrected chi connectivity index (χ0v) is 45.7. The Morgan fingerprint density at radius 2 is 0.778 bits per heavy atom. The van der Waals surface area contributed by atoms with Gasteiger partial charge >= 0.3 is 25.7 Å². The number of phosphoric ester groups is 1. The second-order valence-electron chi connectivity index (χ2n) is 17.7. The van der Waals surface area contributed by atoms with Crippen molar-refractivity contribution in [2.24, 2.45) is 0 Å². The number of esters is 3. The van der Waals surface area contributed by atoms with Crippen LogP contribution < -0.4 is 0 Å². The van der Waals surface area contributed by atoms with Gasteiger partial charge in [-0.25, -0.2) is 4.57 Å². The van der Waals surface area contributed by atoms with Gasteiger partial charge in [-0.2, -0.15) is 0 Å². The van der Waals surface area contributed by atoms with E-state index in [0.29, 0.717) is 19.3 Å². The maximum atomic E-state index is 12.9. The first-order valence-electron chi connectivity index (χ1n) is 27.4. The van der Waals surface area contributed by atoms with Crippen LogP contribution in [-0.4, -0.2) is 66.5 Å². The summed E-state index contributed by atoms with van der Waals surface area (Å²) in [6.07, 6.45) is 64.8. The Bertz CT molecular complexity index is 1670. The monoisotopic (exact) mass is 1020 g/mol. The first kappa shape index (κ1) is 67.9. The predicted octanol–water partition coefficient (Wildman–Crippen LogP) is 16.0. The highest BCUT2D eigenvalue weighted by Gasteiger charge is 2.28. The van der Waals surface area contributed by atoms with E-state index in [0.717, 1.165) is 96.3 Å². The Morgan fingerprint density at radius 1 is 0.417 bits per heavy atom. The number of allylic oxidation sites excluding steroid dienone is 19. The van der Waals surface area contributed by atoms with Crippen molar-refractivity contribution in [3.63, 3.8) is 0 Å². The lowest BCUT2D eigenvalue weighted by Gasteiger charge is -2.21. The first-order valence-corrected chi connectivity index (χ1v) is 28.9. The normalized spacial score (nSPS) is 14.3. The maximum absolute atomic E-state index is 12.9. The highest BCUT2D eigenvalue weighted by atomic mass is 31.2. The predicted molar refractivity (Wildman–Crippen MR) is 297 cm³/mol. The van der Waals surface area contributed by atoms with Crippen molar-refractivity contribution < 1.29 is 52.2 Å². The molecule has 3 atom stereocenters. The highest BCUT2D eigenvalue weighted by molar-refractivity contribution is 7.47. The molecule has 3 unspecified atom stereocenters. The minimum atomic E-state index is -4.78. The standard InChI is InChI=1S/C60H97O11P/c1-4-7-10-13-16-19-22-24-26-27-28-29-31-33-36-39-42-45-48-51-60(64)71-57(53-67-58(62)49-46-43-40-37-34-21-18-15-12-9-6-3)55-69-72(65,66)68-54-56(52-61)70-59(63)50-47-44-41-38-35-32-30-25-23-20-17-14-11-8-5-2/h7-8,10-11,16-17,19-20,24-26,28-30,33,35-36,38,44,47,56-57,61H,4-6,9,12-15,18,21-23,27,31-32,34,37,39-43,45-46,48-55H2,1-3H3,(H,65,66)/b10-7-,11-8-,19-16-,20-17-,26-24-,29-28-,30-25-,36-33-,38-35-,47-44-. The van der Waals surface area contributed by atoms with Crippen LogP contribution in [0, 0.1) is 0 Å². The number of rotatable bonds is 49. The number of carbonyl (C=O) groups is 3. The molecule has 12 heteroatoms. The van der Waals surface area contributed by atoms with E-state index in [9.17, 15) is 28.9 Å². The van der Waals surface area contributed by atoms with Gasteiger partial charge in [0.25, 0.3) is 0 Å². The van der Waals surface area contributed by atoms with E-state index in [1.807, 2.05) is 18.2 Å². The lowest BCUT2D eigenvalue weighted by atomic mass is 10.1. The molecule has 0 fully saturated rings. The molecule has 0 radical (unpaired) electrons. The summed E-state index contributed by atoms with van der Waals surface area (Å²) in [5.41, 5.74) is 0. The first-order chi connectivity index (χ1) is 35.2. The van der Waals surface area contributed by atoms with Gasteiger partial charge < -0.3 is 24.2 Å². The molecule has 0 aliphatic rings. The van der Waals surface area contributed by atoms with Crippen molar-refractivity contribution in [2.75, 3.05) is 26.4 Å². The van der Waals surface area contributed by atoms with E-state index >= 15 is 0 Å². The summed E-state index contributed by atoms with van der Waals surface area (Å²) < 4.78 is 39.3. The van der Waals surface area contributed by atoms with Gasteiger partial charge in [-0.05, 0) is 89.9 Å². The molecule has 408 valence electrons. The minimum absolute atomic E-state index is 0.0629. The lowest BCUT2D eigenvalue weighted by Crippen LogP contribution is -2.30. The Morgan fingerprint density at radius 3 is 1.22 bits per heavy atom. The van der Waals surface area contributed by atoms with E-state index < -0.39 is 57.8 Å². The fourth-order valence-electron chi connectivity index (χ4n) is 6.81. The average molecular weight is 1030 g/mol. The van der Waals surface area contributed by atoms with Crippen LogP contribution in [0.5, 0.6) is 0 Å². The van der Waals surface area contributed by atoms with E-state index in [1.165, 1.54) is 44.9 Å². The van der Waals surface area contributed by atoms with Crippen LogP contribution >= 0.6 is 7.82 Å². The highest BCUT2D eigenvalue weighted by Crippen LogP contribution is 2.43.